The van der Waals surface area contributed by atoms with Gasteiger partial charge in [0, 0.05) is 17.7 Å². The highest BCUT2D eigenvalue weighted by Crippen LogP contribution is 2.22. The van der Waals surface area contributed by atoms with E-state index in [0.717, 1.165) is 16.8 Å². The van der Waals surface area contributed by atoms with Crippen molar-refractivity contribution in [3.05, 3.63) is 42.0 Å². The van der Waals surface area contributed by atoms with Crippen molar-refractivity contribution < 1.29 is 4.39 Å². The number of hydrogen-bond donors (Lipinski definition) is 2. The molecule has 0 aliphatic carbocycles. The Balaban J connectivity index is 2.40. The maximum absolute atomic E-state index is 13.0. The molecule has 0 saturated carbocycles. The van der Waals surface area contributed by atoms with Gasteiger partial charge >= 0.3 is 0 Å². The lowest BCUT2D eigenvalue weighted by Gasteiger charge is -2.01. The lowest BCUT2D eigenvalue weighted by atomic mass is 10.1. The summed E-state index contributed by atoms with van der Waals surface area (Å²) >= 11 is 0. The van der Waals surface area contributed by atoms with Crippen molar-refractivity contribution in [1.29, 1.82) is 0 Å². The molecule has 15 heavy (non-hydrogen) atoms. The molecule has 2 rings (SSSR count). The number of halogens is 1. The molecule has 0 amide bonds. The van der Waals surface area contributed by atoms with E-state index in [1.807, 2.05) is 6.07 Å². The molecular formula is C11H12FN3. The van der Waals surface area contributed by atoms with E-state index >= 15 is 0 Å². The van der Waals surface area contributed by atoms with E-state index in [1.54, 1.807) is 12.3 Å². The molecule has 0 atom stereocenters. The van der Waals surface area contributed by atoms with Crippen LogP contribution in [0.5, 0.6) is 0 Å². The van der Waals surface area contributed by atoms with Gasteiger partial charge in [-0.1, -0.05) is 12.1 Å². The number of rotatable bonds is 3. The van der Waals surface area contributed by atoms with Crippen LogP contribution in [0, 0.1) is 5.82 Å². The Morgan fingerprint density at radius 1 is 1.40 bits per heavy atom. The summed E-state index contributed by atoms with van der Waals surface area (Å²) in [5.41, 5.74) is 8.16. The van der Waals surface area contributed by atoms with Crippen LogP contribution < -0.4 is 5.73 Å². The molecule has 0 saturated heterocycles. The average molecular weight is 205 g/mol. The van der Waals surface area contributed by atoms with E-state index in [1.165, 1.54) is 12.1 Å². The van der Waals surface area contributed by atoms with Gasteiger partial charge in [-0.25, -0.2) is 4.39 Å². The molecule has 0 unspecified atom stereocenters. The van der Waals surface area contributed by atoms with Gasteiger partial charge in [-0.15, -0.1) is 0 Å². The first-order valence-electron chi connectivity index (χ1n) is 4.79. The van der Waals surface area contributed by atoms with Crippen LogP contribution in [0.2, 0.25) is 0 Å². The fraction of sp³-hybridized carbons (Fsp3) is 0.182. The van der Waals surface area contributed by atoms with Crippen LogP contribution in [0.3, 0.4) is 0 Å². The van der Waals surface area contributed by atoms with E-state index in [-0.39, 0.29) is 5.82 Å². The smallest absolute Gasteiger partial charge is 0.123 e. The fourth-order valence-corrected chi connectivity index (χ4v) is 1.55. The van der Waals surface area contributed by atoms with Crippen molar-refractivity contribution >= 4 is 0 Å². The number of benzene rings is 1. The zero-order chi connectivity index (χ0) is 10.7. The second-order valence-corrected chi connectivity index (χ2v) is 3.31. The molecule has 0 aliphatic rings. The first-order valence-corrected chi connectivity index (χ1v) is 4.79. The summed E-state index contributed by atoms with van der Waals surface area (Å²) in [6.45, 7) is 0.546. The van der Waals surface area contributed by atoms with Gasteiger partial charge < -0.3 is 5.73 Å². The minimum absolute atomic E-state index is 0.243. The Labute approximate surface area is 87.1 Å². The van der Waals surface area contributed by atoms with Gasteiger partial charge in [0.05, 0.1) is 6.20 Å². The monoisotopic (exact) mass is 205 g/mol. The zero-order valence-corrected chi connectivity index (χ0v) is 8.20. The maximum Gasteiger partial charge on any atom is 0.123 e. The van der Waals surface area contributed by atoms with Crippen LogP contribution in [0.4, 0.5) is 4.39 Å². The van der Waals surface area contributed by atoms with Crippen molar-refractivity contribution in [2.24, 2.45) is 5.73 Å². The zero-order valence-electron chi connectivity index (χ0n) is 8.20. The highest BCUT2D eigenvalue weighted by molar-refractivity contribution is 5.65. The number of nitrogens with zero attached hydrogens (tertiary/aromatic N) is 1. The molecule has 1 aromatic heterocycles. The Kier molecular flexibility index (Phi) is 2.78. The topological polar surface area (TPSA) is 54.7 Å². The first-order chi connectivity index (χ1) is 7.31. The molecule has 1 aromatic carbocycles. The average Bonchev–Trinajstić information content (AvgIpc) is 2.66. The van der Waals surface area contributed by atoms with Crippen molar-refractivity contribution in [2.45, 2.75) is 6.42 Å². The summed E-state index contributed by atoms with van der Waals surface area (Å²) in [6, 6.07) is 6.45. The maximum atomic E-state index is 13.0. The Hall–Kier alpha value is -1.68. The second kappa shape index (κ2) is 4.23. The van der Waals surface area contributed by atoms with E-state index in [4.69, 9.17) is 5.73 Å². The number of aromatic nitrogens is 2. The SMILES string of the molecule is NCCc1[nH]ncc1-c1cccc(F)c1. The molecular weight excluding hydrogens is 193 g/mol. The molecule has 0 aliphatic heterocycles. The van der Waals surface area contributed by atoms with Gasteiger partial charge in [-0.05, 0) is 24.2 Å². The highest BCUT2D eigenvalue weighted by atomic mass is 19.1. The first kappa shape index (κ1) is 9.86. The number of nitrogens with one attached hydrogen (secondary N) is 1. The normalized spacial score (nSPS) is 10.5. The van der Waals surface area contributed by atoms with Gasteiger partial charge in [-0.3, -0.25) is 5.10 Å². The van der Waals surface area contributed by atoms with Crippen molar-refractivity contribution in [1.82, 2.24) is 10.2 Å². The lowest BCUT2D eigenvalue weighted by Crippen LogP contribution is -2.03. The van der Waals surface area contributed by atoms with Gasteiger partial charge in [-0.2, -0.15) is 5.10 Å². The number of hydrogen-bond acceptors (Lipinski definition) is 2. The summed E-state index contributed by atoms with van der Waals surface area (Å²) in [5.74, 6) is -0.243. The standard InChI is InChI=1S/C11H12FN3/c12-9-3-1-2-8(6-9)10-7-14-15-11(10)4-5-13/h1-3,6-7H,4-5,13H2,(H,14,15). The third kappa shape index (κ3) is 2.05. The molecule has 0 bridgehead atoms. The van der Waals surface area contributed by atoms with Crippen LogP contribution in [0.15, 0.2) is 30.5 Å². The van der Waals surface area contributed by atoms with Crippen molar-refractivity contribution in [3.63, 3.8) is 0 Å². The van der Waals surface area contributed by atoms with Crippen LogP contribution in [-0.2, 0) is 6.42 Å². The highest BCUT2D eigenvalue weighted by Gasteiger charge is 2.07. The summed E-state index contributed by atoms with van der Waals surface area (Å²) in [6.07, 6.45) is 2.41. The fourth-order valence-electron chi connectivity index (χ4n) is 1.55. The van der Waals surface area contributed by atoms with Crippen LogP contribution in [0.1, 0.15) is 5.69 Å². The van der Waals surface area contributed by atoms with Crippen molar-refractivity contribution in [2.75, 3.05) is 6.54 Å². The van der Waals surface area contributed by atoms with E-state index in [9.17, 15) is 4.39 Å². The third-order valence-electron chi connectivity index (χ3n) is 2.25. The summed E-state index contributed by atoms with van der Waals surface area (Å²) in [4.78, 5) is 0. The predicted octanol–water partition coefficient (Wildman–Crippen LogP) is 1.72. The van der Waals surface area contributed by atoms with Crippen LogP contribution in [-0.4, -0.2) is 16.7 Å². The van der Waals surface area contributed by atoms with Crippen LogP contribution in [0.25, 0.3) is 11.1 Å². The molecule has 4 heteroatoms. The molecule has 0 fully saturated rings. The Bertz CT molecular complexity index is 451. The molecule has 0 spiro atoms. The number of nitrogens with two attached hydrogens (primary N) is 1. The molecule has 2 aromatic rings. The van der Waals surface area contributed by atoms with E-state index < -0.39 is 0 Å². The number of H-pyrrole nitrogens is 1. The van der Waals surface area contributed by atoms with Crippen molar-refractivity contribution in [3.8, 4) is 11.1 Å². The Morgan fingerprint density at radius 3 is 3.00 bits per heavy atom. The molecule has 0 radical (unpaired) electrons. The van der Waals surface area contributed by atoms with Gasteiger partial charge in [0.25, 0.3) is 0 Å². The second-order valence-electron chi connectivity index (χ2n) is 3.31. The molecule has 78 valence electrons. The van der Waals surface area contributed by atoms with Crippen LogP contribution >= 0.6 is 0 Å². The van der Waals surface area contributed by atoms with E-state index in [0.29, 0.717) is 13.0 Å². The van der Waals surface area contributed by atoms with E-state index in [2.05, 4.69) is 10.2 Å². The lowest BCUT2D eigenvalue weighted by molar-refractivity contribution is 0.628. The largest absolute Gasteiger partial charge is 0.330 e. The predicted molar refractivity (Wildman–Crippen MR) is 56.7 cm³/mol. The molecule has 1 heterocycles. The van der Waals surface area contributed by atoms with Gasteiger partial charge in [0.1, 0.15) is 5.82 Å². The minimum atomic E-state index is -0.243. The number of aromatic amines is 1. The molecule has 3 N–H and O–H groups in total. The third-order valence-corrected chi connectivity index (χ3v) is 2.25. The summed E-state index contributed by atoms with van der Waals surface area (Å²) in [5, 5.41) is 6.82. The Morgan fingerprint density at radius 2 is 2.27 bits per heavy atom. The minimum Gasteiger partial charge on any atom is -0.330 e. The van der Waals surface area contributed by atoms with Gasteiger partial charge in [0.15, 0.2) is 0 Å². The summed E-state index contributed by atoms with van der Waals surface area (Å²) < 4.78 is 13.0. The molecule has 3 nitrogen and oxygen atoms in total. The summed E-state index contributed by atoms with van der Waals surface area (Å²) in [7, 11) is 0. The quantitative estimate of drug-likeness (QED) is 0.801. The van der Waals surface area contributed by atoms with Gasteiger partial charge in [0.2, 0.25) is 0 Å².